The molecule has 2 nitrogen and oxygen atoms in total. The zero-order valence-corrected chi connectivity index (χ0v) is 13.9. The second kappa shape index (κ2) is 6.42. The van der Waals surface area contributed by atoms with E-state index in [1.807, 2.05) is 5.38 Å². The number of benzene rings is 1. The number of aliphatic hydroxyl groups excluding tert-OH is 1. The van der Waals surface area contributed by atoms with Gasteiger partial charge in [0, 0.05) is 34.2 Å². The van der Waals surface area contributed by atoms with Gasteiger partial charge in [0.15, 0.2) is 0 Å². The average Bonchev–Trinajstić information content (AvgIpc) is 2.82. The summed E-state index contributed by atoms with van der Waals surface area (Å²) in [7, 11) is 0. The molecule has 0 aliphatic rings. The van der Waals surface area contributed by atoms with Crippen LogP contribution in [0.2, 0.25) is 5.02 Å². The molecule has 0 amide bonds. The van der Waals surface area contributed by atoms with Crippen molar-refractivity contribution < 1.29 is 9.50 Å². The minimum atomic E-state index is -0.696. The van der Waals surface area contributed by atoms with Gasteiger partial charge in [0.25, 0.3) is 0 Å². The van der Waals surface area contributed by atoms with Crippen LogP contribution in [0.4, 0.5) is 4.39 Å². The number of aliphatic hydroxyl groups is 1. The fourth-order valence-corrected chi connectivity index (χ4v) is 3.32. The number of nitrogens with zero attached hydrogens (tertiary/aromatic N) is 1. The van der Waals surface area contributed by atoms with Gasteiger partial charge in [-0.25, -0.2) is 9.37 Å². The molecule has 0 saturated heterocycles. The van der Waals surface area contributed by atoms with Crippen molar-refractivity contribution in [3.05, 3.63) is 50.7 Å². The molecule has 5 heteroatoms. The largest absolute Gasteiger partial charge is 0.392 e. The predicted molar refractivity (Wildman–Crippen MR) is 85.6 cm³/mol. The van der Waals surface area contributed by atoms with E-state index < -0.39 is 6.10 Å². The van der Waals surface area contributed by atoms with Crippen molar-refractivity contribution in [2.45, 2.75) is 45.1 Å². The Morgan fingerprint density at radius 2 is 2.05 bits per heavy atom. The molecule has 1 atom stereocenters. The number of rotatable bonds is 4. The molecule has 1 N–H and O–H groups in total. The summed E-state index contributed by atoms with van der Waals surface area (Å²) in [6.45, 7) is 6.30. The number of thiazole rings is 1. The van der Waals surface area contributed by atoms with Gasteiger partial charge in [0.1, 0.15) is 5.82 Å². The zero-order chi connectivity index (χ0) is 15.6. The van der Waals surface area contributed by atoms with Gasteiger partial charge >= 0.3 is 0 Å². The van der Waals surface area contributed by atoms with Crippen LogP contribution >= 0.6 is 22.9 Å². The summed E-state index contributed by atoms with van der Waals surface area (Å²) in [4.78, 5) is 4.54. The van der Waals surface area contributed by atoms with Crippen molar-refractivity contribution in [1.29, 1.82) is 0 Å². The first-order valence-electron chi connectivity index (χ1n) is 6.83. The van der Waals surface area contributed by atoms with Crippen LogP contribution in [0.3, 0.4) is 0 Å². The molecule has 1 aromatic carbocycles. The molecule has 0 fully saturated rings. The highest BCUT2D eigenvalue weighted by Crippen LogP contribution is 2.26. The lowest BCUT2D eigenvalue weighted by molar-refractivity contribution is 0.174. The molecule has 1 aromatic heterocycles. The van der Waals surface area contributed by atoms with E-state index in [2.05, 4.69) is 25.8 Å². The first kappa shape index (κ1) is 16.4. The molecule has 0 radical (unpaired) electrons. The van der Waals surface area contributed by atoms with Gasteiger partial charge in [-0.15, -0.1) is 11.3 Å². The first-order valence-corrected chi connectivity index (χ1v) is 8.09. The Morgan fingerprint density at radius 1 is 1.33 bits per heavy atom. The van der Waals surface area contributed by atoms with E-state index in [1.165, 1.54) is 17.4 Å². The van der Waals surface area contributed by atoms with E-state index in [0.717, 1.165) is 10.7 Å². The number of halogens is 2. The van der Waals surface area contributed by atoms with Crippen molar-refractivity contribution >= 4 is 22.9 Å². The second-order valence-electron chi connectivity index (χ2n) is 6.14. The second-order valence-corrected chi connectivity index (χ2v) is 7.49. The van der Waals surface area contributed by atoms with Gasteiger partial charge in [0.2, 0.25) is 0 Å². The topological polar surface area (TPSA) is 33.1 Å². The van der Waals surface area contributed by atoms with Crippen LogP contribution in [0.25, 0.3) is 0 Å². The molecule has 0 spiro atoms. The zero-order valence-electron chi connectivity index (χ0n) is 12.4. The fraction of sp³-hybridized carbons (Fsp3) is 0.438. The number of aromatic nitrogens is 1. The summed E-state index contributed by atoms with van der Waals surface area (Å²) < 4.78 is 13.7. The Hall–Kier alpha value is -0.970. The third-order valence-corrected chi connectivity index (χ3v) is 4.46. The van der Waals surface area contributed by atoms with Crippen LogP contribution in [0.15, 0.2) is 23.6 Å². The average molecular weight is 328 g/mol. The molecule has 0 aliphatic heterocycles. The van der Waals surface area contributed by atoms with Crippen molar-refractivity contribution in [3.8, 4) is 0 Å². The minimum Gasteiger partial charge on any atom is -0.392 e. The predicted octanol–water partition coefficient (Wildman–Crippen LogP) is 4.38. The molecule has 0 saturated carbocycles. The van der Waals surface area contributed by atoms with E-state index in [9.17, 15) is 9.50 Å². The van der Waals surface area contributed by atoms with Crippen molar-refractivity contribution in [3.63, 3.8) is 0 Å². The normalized spacial score (nSPS) is 13.4. The fourth-order valence-electron chi connectivity index (χ4n) is 1.99. The summed E-state index contributed by atoms with van der Waals surface area (Å²) in [6.07, 6.45) is -0.0974. The summed E-state index contributed by atoms with van der Waals surface area (Å²) >= 11 is 7.50. The number of hydrogen-bond donors (Lipinski definition) is 1. The van der Waals surface area contributed by atoms with Gasteiger partial charge in [-0.2, -0.15) is 0 Å². The Labute approximate surface area is 133 Å². The van der Waals surface area contributed by atoms with Crippen LogP contribution in [-0.2, 0) is 18.3 Å². The summed E-state index contributed by atoms with van der Waals surface area (Å²) in [5.41, 5.74) is 1.37. The highest BCUT2D eigenvalue weighted by Gasteiger charge is 2.19. The van der Waals surface area contributed by atoms with Crippen molar-refractivity contribution in [2.75, 3.05) is 0 Å². The SMILES string of the molecule is CC(C)(C)c1csc(CC(O)Cc2c(F)cccc2Cl)n1. The third-order valence-electron chi connectivity index (χ3n) is 3.23. The molecule has 0 bridgehead atoms. The maximum Gasteiger partial charge on any atom is 0.127 e. The monoisotopic (exact) mass is 327 g/mol. The molecule has 1 heterocycles. The van der Waals surface area contributed by atoms with Crippen LogP contribution in [0, 0.1) is 5.82 Å². The van der Waals surface area contributed by atoms with E-state index in [4.69, 9.17) is 11.6 Å². The lowest BCUT2D eigenvalue weighted by atomic mass is 9.93. The molecule has 114 valence electrons. The lowest BCUT2D eigenvalue weighted by Crippen LogP contribution is -2.16. The molecule has 2 aromatic rings. The first-order chi connectivity index (χ1) is 9.77. The van der Waals surface area contributed by atoms with E-state index in [1.54, 1.807) is 12.1 Å². The van der Waals surface area contributed by atoms with Gasteiger partial charge < -0.3 is 5.11 Å². The van der Waals surface area contributed by atoms with E-state index in [-0.39, 0.29) is 17.7 Å². The Morgan fingerprint density at radius 3 is 2.62 bits per heavy atom. The number of hydrogen-bond acceptors (Lipinski definition) is 3. The minimum absolute atomic E-state index is 0.00541. The molecular formula is C16H19ClFNOS. The standard InChI is InChI=1S/C16H19ClFNOS/c1-16(2,3)14-9-21-15(19-14)8-10(20)7-11-12(17)5-4-6-13(11)18/h4-6,9-10,20H,7-8H2,1-3H3. The summed E-state index contributed by atoms with van der Waals surface area (Å²) in [6, 6.07) is 4.55. The Balaban J connectivity index is 2.05. The van der Waals surface area contributed by atoms with Gasteiger partial charge in [-0.3, -0.25) is 0 Å². The highest BCUT2D eigenvalue weighted by molar-refractivity contribution is 7.09. The third kappa shape index (κ3) is 4.25. The molecular weight excluding hydrogens is 309 g/mol. The van der Waals surface area contributed by atoms with Crippen molar-refractivity contribution in [2.24, 2.45) is 0 Å². The van der Waals surface area contributed by atoms with Crippen molar-refractivity contribution in [1.82, 2.24) is 4.98 Å². The van der Waals surface area contributed by atoms with Crippen LogP contribution in [-0.4, -0.2) is 16.2 Å². The van der Waals surface area contributed by atoms with Gasteiger partial charge in [-0.05, 0) is 12.1 Å². The molecule has 2 rings (SSSR count). The molecule has 1 unspecified atom stereocenters. The summed E-state index contributed by atoms with van der Waals surface area (Å²) in [5.74, 6) is -0.379. The molecule has 21 heavy (non-hydrogen) atoms. The highest BCUT2D eigenvalue weighted by atomic mass is 35.5. The van der Waals surface area contributed by atoms with Crippen LogP contribution < -0.4 is 0 Å². The quantitative estimate of drug-likeness (QED) is 0.904. The van der Waals surface area contributed by atoms with E-state index >= 15 is 0 Å². The molecule has 0 aliphatic carbocycles. The van der Waals surface area contributed by atoms with Gasteiger partial charge in [0.05, 0.1) is 16.8 Å². The Kier molecular flexibility index (Phi) is 5.02. The maximum atomic E-state index is 13.7. The van der Waals surface area contributed by atoms with E-state index in [0.29, 0.717) is 17.0 Å². The van der Waals surface area contributed by atoms with Gasteiger partial charge in [-0.1, -0.05) is 38.4 Å². The maximum absolute atomic E-state index is 13.7. The smallest absolute Gasteiger partial charge is 0.127 e. The summed E-state index contributed by atoms with van der Waals surface area (Å²) in [5, 5.41) is 13.4. The van der Waals surface area contributed by atoms with Crippen LogP contribution in [0.5, 0.6) is 0 Å². The van der Waals surface area contributed by atoms with Crippen LogP contribution in [0.1, 0.15) is 37.0 Å². The lowest BCUT2D eigenvalue weighted by Gasteiger charge is -2.14. The Bertz CT molecular complexity index is 601.